The summed E-state index contributed by atoms with van der Waals surface area (Å²) in [5.41, 5.74) is 0. The minimum Gasteiger partial charge on any atom is -0.394 e. The molecule has 0 aromatic rings. The number of carbonyl (C=O) groups excluding carboxylic acids is 1. The van der Waals surface area contributed by atoms with E-state index in [1.165, 1.54) is 0 Å². The van der Waals surface area contributed by atoms with Gasteiger partial charge in [-0.25, -0.2) is 0 Å². The zero-order valence-corrected chi connectivity index (χ0v) is 9.15. The molecule has 5 nitrogen and oxygen atoms in total. The molecule has 1 aliphatic heterocycles. The summed E-state index contributed by atoms with van der Waals surface area (Å²) < 4.78 is 0. The third-order valence-corrected chi connectivity index (χ3v) is 2.88. The smallest absolute Gasteiger partial charge is 0.222 e. The summed E-state index contributed by atoms with van der Waals surface area (Å²) in [6.45, 7) is 1.93. The van der Waals surface area contributed by atoms with Crippen molar-refractivity contribution in [3.63, 3.8) is 0 Å². The highest BCUT2D eigenvalue weighted by molar-refractivity contribution is 5.78. The molecule has 15 heavy (non-hydrogen) atoms. The number of nitrogens with zero attached hydrogens (tertiary/aromatic N) is 1. The van der Waals surface area contributed by atoms with Crippen LogP contribution in [0.5, 0.6) is 0 Å². The van der Waals surface area contributed by atoms with Gasteiger partial charge in [0.15, 0.2) is 0 Å². The zero-order chi connectivity index (χ0) is 11.3. The molecule has 1 aliphatic rings. The Hall–Kier alpha value is -0.650. The minimum absolute atomic E-state index is 0.109. The quantitative estimate of drug-likeness (QED) is 0.552. The summed E-state index contributed by atoms with van der Waals surface area (Å²) in [5.74, 6) is 0.217. The van der Waals surface area contributed by atoms with Gasteiger partial charge in [0.05, 0.1) is 12.7 Å². The molecule has 5 heteroatoms. The normalized spacial score (nSPS) is 21.3. The van der Waals surface area contributed by atoms with Crippen LogP contribution in [-0.4, -0.2) is 60.4 Å². The van der Waals surface area contributed by atoms with Gasteiger partial charge < -0.3 is 20.4 Å². The summed E-state index contributed by atoms with van der Waals surface area (Å²) >= 11 is 0. The number of likely N-dealkylation sites (tertiary alicyclic amines) is 1. The molecule has 3 N–H and O–H groups in total. The first-order chi connectivity index (χ1) is 7.17. The van der Waals surface area contributed by atoms with E-state index in [9.17, 15) is 9.90 Å². The van der Waals surface area contributed by atoms with Crippen LogP contribution in [0.1, 0.15) is 12.8 Å². The molecular formula is C10H20N2O3. The maximum atomic E-state index is 11.3. The van der Waals surface area contributed by atoms with Crippen molar-refractivity contribution in [3.8, 4) is 0 Å². The fourth-order valence-corrected chi connectivity index (χ4v) is 1.94. The summed E-state index contributed by atoms with van der Waals surface area (Å²) in [5, 5.41) is 20.6. The average molecular weight is 216 g/mol. The summed E-state index contributed by atoms with van der Waals surface area (Å²) in [7, 11) is 1.66. The lowest BCUT2D eigenvalue weighted by molar-refractivity contribution is -0.126. The van der Waals surface area contributed by atoms with Crippen molar-refractivity contribution in [2.75, 3.05) is 33.3 Å². The predicted molar refractivity (Wildman–Crippen MR) is 56.3 cm³/mol. The lowest BCUT2D eigenvalue weighted by Gasteiger charge is -2.31. The van der Waals surface area contributed by atoms with Crippen LogP contribution in [0.3, 0.4) is 0 Å². The molecule has 0 aromatic carbocycles. The first-order valence-corrected chi connectivity index (χ1v) is 5.40. The number of hydrogen-bond donors (Lipinski definition) is 3. The van der Waals surface area contributed by atoms with Gasteiger partial charge in [-0.3, -0.25) is 4.79 Å². The van der Waals surface area contributed by atoms with E-state index < -0.39 is 6.10 Å². The van der Waals surface area contributed by atoms with Crippen molar-refractivity contribution < 1.29 is 15.0 Å². The number of piperidine rings is 1. The number of aliphatic hydroxyl groups is 2. The van der Waals surface area contributed by atoms with E-state index in [-0.39, 0.29) is 18.4 Å². The van der Waals surface area contributed by atoms with Gasteiger partial charge in [-0.15, -0.1) is 0 Å². The Bertz CT molecular complexity index is 203. The number of rotatable bonds is 4. The Kier molecular flexibility index (Phi) is 5.01. The van der Waals surface area contributed by atoms with Gasteiger partial charge in [0.2, 0.25) is 5.91 Å². The fourth-order valence-electron chi connectivity index (χ4n) is 1.94. The Labute approximate surface area is 90.1 Å². The molecule has 1 atom stereocenters. The number of hydrogen-bond acceptors (Lipinski definition) is 4. The highest BCUT2D eigenvalue weighted by atomic mass is 16.3. The van der Waals surface area contributed by atoms with Crippen LogP contribution in [-0.2, 0) is 4.79 Å². The third-order valence-electron chi connectivity index (χ3n) is 2.88. The lowest BCUT2D eigenvalue weighted by Crippen LogP contribution is -2.43. The highest BCUT2D eigenvalue weighted by Crippen LogP contribution is 2.17. The maximum absolute atomic E-state index is 11.3. The number of β-amino-alcohol motifs (C(OH)–C–C–N with tert-alkyl or cyclic N) is 1. The van der Waals surface area contributed by atoms with Gasteiger partial charge in [-0.05, 0) is 25.9 Å². The van der Waals surface area contributed by atoms with E-state index in [4.69, 9.17) is 5.11 Å². The first kappa shape index (κ1) is 12.4. The van der Waals surface area contributed by atoms with Gasteiger partial charge in [-0.2, -0.15) is 0 Å². The molecule has 88 valence electrons. The monoisotopic (exact) mass is 216 g/mol. The van der Waals surface area contributed by atoms with E-state index in [0.717, 1.165) is 25.9 Å². The number of aliphatic hydroxyl groups excluding tert-OH is 2. The van der Waals surface area contributed by atoms with Gasteiger partial charge in [0, 0.05) is 19.5 Å². The van der Waals surface area contributed by atoms with Crippen molar-refractivity contribution >= 4 is 5.91 Å². The molecule has 1 fully saturated rings. The van der Waals surface area contributed by atoms with Crippen LogP contribution < -0.4 is 5.32 Å². The van der Waals surface area contributed by atoms with E-state index in [0.29, 0.717) is 6.54 Å². The van der Waals surface area contributed by atoms with E-state index in [1.807, 2.05) is 0 Å². The molecule has 1 rings (SSSR count). The van der Waals surface area contributed by atoms with Crippen LogP contribution >= 0.6 is 0 Å². The summed E-state index contributed by atoms with van der Waals surface area (Å²) in [4.78, 5) is 13.4. The van der Waals surface area contributed by atoms with Gasteiger partial charge >= 0.3 is 0 Å². The van der Waals surface area contributed by atoms with Crippen molar-refractivity contribution in [2.24, 2.45) is 5.92 Å². The summed E-state index contributed by atoms with van der Waals surface area (Å²) in [6, 6.07) is 0. The Morgan fingerprint density at radius 3 is 2.60 bits per heavy atom. The number of carbonyl (C=O) groups is 1. The zero-order valence-electron chi connectivity index (χ0n) is 9.15. The van der Waals surface area contributed by atoms with Crippen LogP contribution in [0.2, 0.25) is 0 Å². The SMILES string of the molecule is CNC(=O)C1CCN(CC(O)CO)CC1. The molecular weight excluding hydrogens is 196 g/mol. The average Bonchev–Trinajstić information content (AvgIpc) is 2.29. The van der Waals surface area contributed by atoms with Crippen molar-refractivity contribution in [1.82, 2.24) is 10.2 Å². The van der Waals surface area contributed by atoms with Crippen molar-refractivity contribution in [2.45, 2.75) is 18.9 Å². The second-order valence-corrected chi connectivity index (χ2v) is 4.03. The number of amides is 1. The molecule has 1 amide bonds. The molecule has 1 unspecified atom stereocenters. The van der Waals surface area contributed by atoms with Crippen molar-refractivity contribution in [1.29, 1.82) is 0 Å². The molecule has 1 heterocycles. The minimum atomic E-state index is -0.665. The molecule has 0 aliphatic carbocycles. The standard InChI is InChI=1S/C10H20N2O3/c1-11-10(15)8-2-4-12(5-3-8)6-9(14)7-13/h8-9,13-14H,2-7H2,1H3,(H,11,15). The summed E-state index contributed by atoms with van der Waals surface area (Å²) in [6.07, 6.45) is 0.997. The van der Waals surface area contributed by atoms with E-state index in [2.05, 4.69) is 10.2 Å². The first-order valence-electron chi connectivity index (χ1n) is 5.40. The molecule has 0 aromatic heterocycles. The predicted octanol–water partition coefficient (Wildman–Crippen LogP) is -1.20. The van der Waals surface area contributed by atoms with Crippen LogP contribution in [0.4, 0.5) is 0 Å². The van der Waals surface area contributed by atoms with Gasteiger partial charge in [0.25, 0.3) is 0 Å². The Balaban J connectivity index is 2.26. The molecule has 1 saturated heterocycles. The van der Waals surface area contributed by atoms with E-state index >= 15 is 0 Å². The molecule has 0 bridgehead atoms. The molecule has 0 saturated carbocycles. The second kappa shape index (κ2) is 6.05. The highest BCUT2D eigenvalue weighted by Gasteiger charge is 2.24. The van der Waals surface area contributed by atoms with Gasteiger partial charge in [0.1, 0.15) is 0 Å². The third kappa shape index (κ3) is 3.77. The fraction of sp³-hybridized carbons (Fsp3) is 0.900. The van der Waals surface area contributed by atoms with E-state index in [1.54, 1.807) is 7.05 Å². The molecule has 0 spiro atoms. The Morgan fingerprint density at radius 1 is 1.53 bits per heavy atom. The maximum Gasteiger partial charge on any atom is 0.222 e. The Morgan fingerprint density at radius 2 is 2.13 bits per heavy atom. The van der Waals surface area contributed by atoms with Crippen LogP contribution in [0.15, 0.2) is 0 Å². The van der Waals surface area contributed by atoms with Gasteiger partial charge in [-0.1, -0.05) is 0 Å². The topological polar surface area (TPSA) is 72.8 Å². The largest absolute Gasteiger partial charge is 0.394 e. The lowest BCUT2D eigenvalue weighted by atomic mass is 9.96. The second-order valence-electron chi connectivity index (χ2n) is 4.03. The van der Waals surface area contributed by atoms with Crippen LogP contribution in [0.25, 0.3) is 0 Å². The van der Waals surface area contributed by atoms with Crippen molar-refractivity contribution in [3.05, 3.63) is 0 Å². The van der Waals surface area contributed by atoms with Crippen LogP contribution in [0, 0.1) is 5.92 Å². The molecule has 0 radical (unpaired) electrons. The number of nitrogens with one attached hydrogen (secondary N) is 1.